The molecule has 0 spiro atoms. The number of carboxylic acids is 1. The Labute approximate surface area is 118 Å². The zero-order chi connectivity index (χ0) is 15.3. The van der Waals surface area contributed by atoms with Crippen LogP contribution in [0.15, 0.2) is 12.4 Å². The van der Waals surface area contributed by atoms with Gasteiger partial charge in [0.2, 0.25) is 11.9 Å². The van der Waals surface area contributed by atoms with E-state index < -0.39 is 17.9 Å². The maximum Gasteiger partial charge on any atom is 0.326 e. The van der Waals surface area contributed by atoms with E-state index in [0.717, 1.165) is 0 Å². The quantitative estimate of drug-likeness (QED) is 0.692. The highest BCUT2D eigenvalue weighted by Gasteiger charge is 2.25. The molecule has 0 saturated carbocycles. The van der Waals surface area contributed by atoms with Gasteiger partial charge >= 0.3 is 5.97 Å². The zero-order valence-electron chi connectivity index (χ0n) is 12.1. The van der Waals surface area contributed by atoms with Crippen molar-refractivity contribution < 1.29 is 14.7 Å². The van der Waals surface area contributed by atoms with Gasteiger partial charge < -0.3 is 20.7 Å². The van der Waals surface area contributed by atoms with Crippen molar-refractivity contribution in [3.05, 3.63) is 12.4 Å². The van der Waals surface area contributed by atoms with Crippen LogP contribution in [0.3, 0.4) is 0 Å². The van der Waals surface area contributed by atoms with E-state index in [0.29, 0.717) is 18.9 Å². The average Bonchev–Trinajstić information content (AvgIpc) is 2.71. The molecule has 0 aliphatic heterocycles. The standard InChI is InChI=1S/C13H22N4O3/c1-13(2,3)8-9(11(19)20)16-12-15-5-7-17(12)6-4-10(14)18/h5,7,9H,4,6,8H2,1-3H3,(H2,14,18)(H,15,16)(H,19,20). The molecule has 1 aromatic rings. The Kier molecular flexibility index (Phi) is 5.12. The zero-order valence-corrected chi connectivity index (χ0v) is 12.1. The highest BCUT2D eigenvalue weighted by Crippen LogP contribution is 2.22. The first-order valence-electron chi connectivity index (χ1n) is 6.48. The SMILES string of the molecule is CC(C)(C)CC(Nc1nccn1CCC(N)=O)C(=O)O. The lowest BCUT2D eigenvalue weighted by Crippen LogP contribution is -2.34. The number of carboxylic acid groups (broad SMARTS) is 1. The Morgan fingerprint density at radius 2 is 2.15 bits per heavy atom. The molecule has 1 unspecified atom stereocenters. The average molecular weight is 282 g/mol. The summed E-state index contributed by atoms with van der Waals surface area (Å²) in [6.07, 6.45) is 3.88. The summed E-state index contributed by atoms with van der Waals surface area (Å²) >= 11 is 0. The number of amides is 1. The molecule has 0 aliphatic rings. The number of primary amides is 1. The fraction of sp³-hybridized carbons (Fsp3) is 0.615. The van der Waals surface area contributed by atoms with Crippen LogP contribution in [0.5, 0.6) is 0 Å². The van der Waals surface area contributed by atoms with Gasteiger partial charge in [0.25, 0.3) is 0 Å². The molecule has 0 bridgehead atoms. The van der Waals surface area contributed by atoms with Gasteiger partial charge in [-0.15, -0.1) is 0 Å². The van der Waals surface area contributed by atoms with E-state index in [1.165, 1.54) is 0 Å². The van der Waals surface area contributed by atoms with E-state index in [1.807, 2.05) is 20.8 Å². The molecule has 7 nitrogen and oxygen atoms in total. The van der Waals surface area contributed by atoms with Gasteiger partial charge in [0.1, 0.15) is 6.04 Å². The van der Waals surface area contributed by atoms with Gasteiger partial charge in [-0.05, 0) is 11.8 Å². The van der Waals surface area contributed by atoms with Crippen molar-refractivity contribution in [1.82, 2.24) is 9.55 Å². The number of carbonyl (C=O) groups excluding carboxylic acids is 1. The number of aliphatic carboxylic acids is 1. The predicted octanol–water partition coefficient (Wildman–Crippen LogP) is 1.06. The van der Waals surface area contributed by atoms with Crippen LogP contribution in [0.2, 0.25) is 0 Å². The van der Waals surface area contributed by atoms with Gasteiger partial charge in [0, 0.05) is 25.4 Å². The second-order valence-corrected chi connectivity index (χ2v) is 5.96. The second-order valence-electron chi connectivity index (χ2n) is 5.96. The van der Waals surface area contributed by atoms with Crippen LogP contribution in [-0.4, -0.2) is 32.6 Å². The summed E-state index contributed by atoms with van der Waals surface area (Å²) in [5, 5.41) is 12.2. The Morgan fingerprint density at radius 3 is 2.65 bits per heavy atom. The summed E-state index contributed by atoms with van der Waals surface area (Å²) in [7, 11) is 0. The van der Waals surface area contributed by atoms with E-state index in [1.54, 1.807) is 17.0 Å². The highest BCUT2D eigenvalue weighted by atomic mass is 16.4. The molecule has 4 N–H and O–H groups in total. The Hall–Kier alpha value is -2.05. The highest BCUT2D eigenvalue weighted by molar-refractivity contribution is 5.76. The van der Waals surface area contributed by atoms with Crippen LogP contribution < -0.4 is 11.1 Å². The molecule has 112 valence electrons. The summed E-state index contributed by atoms with van der Waals surface area (Å²) in [6.45, 7) is 6.30. The maximum atomic E-state index is 11.3. The van der Waals surface area contributed by atoms with E-state index in [-0.39, 0.29) is 11.8 Å². The van der Waals surface area contributed by atoms with E-state index in [4.69, 9.17) is 5.73 Å². The van der Waals surface area contributed by atoms with Crippen LogP contribution in [0.1, 0.15) is 33.6 Å². The van der Waals surface area contributed by atoms with Crippen LogP contribution in [0.4, 0.5) is 5.95 Å². The molecule has 0 aliphatic carbocycles. The van der Waals surface area contributed by atoms with Crippen LogP contribution in [-0.2, 0) is 16.1 Å². The summed E-state index contributed by atoms with van der Waals surface area (Å²) in [4.78, 5) is 26.2. The minimum absolute atomic E-state index is 0.124. The number of rotatable bonds is 7. The van der Waals surface area contributed by atoms with Crippen molar-refractivity contribution in [3.63, 3.8) is 0 Å². The van der Waals surface area contributed by atoms with Crippen LogP contribution in [0, 0.1) is 5.41 Å². The Morgan fingerprint density at radius 1 is 1.50 bits per heavy atom. The molecule has 1 heterocycles. The van der Waals surface area contributed by atoms with E-state index in [9.17, 15) is 14.7 Å². The first-order chi connectivity index (χ1) is 9.19. The molecule has 0 radical (unpaired) electrons. The molecule has 7 heteroatoms. The number of hydrogen-bond acceptors (Lipinski definition) is 4. The van der Waals surface area contributed by atoms with Crippen molar-refractivity contribution in [2.45, 2.75) is 46.2 Å². The molecule has 0 fully saturated rings. The minimum Gasteiger partial charge on any atom is -0.480 e. The number of aromatic nitrogens is 2. The summed E-state index contributed by atoms with van der Waals surface area (Å²) in [5.74, 6) is -0.901. The lowest BCUT2D eigenvalue weighted by Gasteiger charge is -2.24. The van der Waals surface area contributed by atoms with Gasteiger partial charge in [0.15, 0.2) is 0 Å². The van der Waals surface area contributed by atoms with Crippen LogP contribution in [0.25, 0.3) is 0 Å². The smallest absolute Gasteiger partial charge is 0.326 e. The van der Waals surface area contributed by atoms with Crippen molar-refractivity contribution in [1.29, 1.82) is 0 Å². The van der Waals surface area contributed by atoms with Gasteiger partial charge in [0.05, 0.1) is 0 Å². The molecule has 20 heavy (non-hydrogen) atoms. The number of aryl methyl sites for hydroxylation is 1. The number of nitrogens with one attached hydrogen (secondary N) is 1. The fourth-order valence-corrected chi connectivity index (χ4v) is 1.83. The van der Waals surface area contributed by atoms with Gasteiger partial charge in [-0.1, -0.05) is 20.8 Å². The third-order valence-electron chi connectivity index (χ3n) is 2.73. The first kappa shape index (κ1) is 16.0. The summed E-state index contributed by atoms with van der Waals surface area (Å²) < 4.78 is 1.68. The second kappa shape index (κ2) is 6.40. The van der Waals surface area contributed by atoms with E-state index in [2.05, 4.69) is 10.3 Å². The van der Waals surface area contributed by atoms with Gasteiger partial charge in [-0.2, -0.15) is 0 Å². The monoisotopic (exact) mass is 282 g/mol. The lowest BCUT2D eigenvalue weighted by atomic mass is 9.88. The first-order valence-corrected chi connectivity index (χ1v) is 6.48. The van der Waals surface area contributed by atoms with Gasteiger partial charge in [-0.3, -0.25) is 4.79 Å². The number of nitrogens with zero attached hydrogens (tertiary/aromatic N) is 2. The number of hydrogen-bond donors (Lipinski definition) is 3. The fourth-order valence-electron chi connectivity index (χ4n) is 1.83. The Bertz CT molecular complexity index is 476. The third kappa shape index (κ3) is 5.29. The van der Waals surface area contributed by atoms with Gasteiger partial charge in [-0.25, -0.2) is 9.78 Å². The van der Waals surface area contributed by atoms with Crippen molar-refractivity contribution in [3.8, 4) is 0 Å². The molecular formula is C13H22N4O3. The number of nitrogens with two attached hydrogens (primary N) is 1. The molecule has 0 saturated heterocycles. The molecule has 1 aromatic heterocycles. The van der Waals surface area contributed by atoms with Crippen molar-refractivity contribution in [2.75, 3.05) is 5.32 Å². The normalized spacial score (nSPS) is 12.9. The molecule has 0 aromatic carbocycles. The van der Waals surface area contributed by atoms with Crippen LogP contribution >= 0.6 is 0 Å². The number of carbonyl (C=O) groups is 2. The van der Waals surface area contributed by atoms with E-state index >= 15 is 0 Å². The van der Waals surface area contributed by atoms with Crippen molar-refractivity contribution in [2.24, 2.45) is 11.1 Å². The van der Waals surface area contributed by atoms with Crippen molar-refractivity contribution >= 4 is 17.8 Å². The molecule has 1 amide bonds. The number of imidazole rings is 1. The number of anilines is 1. The summed E-state index contributed by atoms with van der Waals surface area (Å²) in [5.41, 5.74) is 4.98. The predicted molar refractivity (Wildman–Crippen MR) is 75.2 cm³/mol. The minimum atomic E-state index is -0.927. The molecule has 1 atom stereocenters. The Balaban J connectivity index is 2.76. The lowest BCUT2D eigenvalue weighted by molar-refractivity contribution is -0.138. The third-order valence-corrected chi connectivity index (χ3v) is 2.73. The molecular weight excluding hydrogens is 260 g/mol. The maximum absolute atomic E-state index is 11.3. The largest absolute Gasteiger partial charge is 0.480 e. The summed E-state index contributed by atoms with van der Waals surface area (Å²) in [6, 6.07) is -0.732. The molecule has 1 rings (SSSR count). The topological polar surface area (TPSA) is 110 Å².